The Hall–Kier alpha value is -4.21. The van der Waals surface area contributed by atoms with Crippen LogP contribution in [0.15, 0.2) is 65.6 Å². The van der Waals surface area contributed by atoms with Crippen LogP contribution in [0, 0.1) is 0 Å². The fraction of sp³-hybridized carbons (Fsp3) is 0.371. The molecule has 0 spiro atoms. The van der Waals surface area contributed by atoms with Crippen LogP contribution >= 0.6 is 11.6 Å². The molecule has 0 atom stereocenters. The lowest BCUT2D eigenvalue weighted by atomic mass is 10.1. The summed E-state index contributed by atoms with van der Waals surface area (Å²) >= 11 is 7.06. The van der Waals surface area contributed by atoms with Crippen LogP contribution in [0.5, 0.6) is 23.0 Å². The molecule has 1 aliphatic heterocycles. The summed E-state index contributed by atoms with van der Waals surface area (Å²) in [6.07, 6.45) is 5.93. The number of carbonyl (C=O) groups is 1. The van der Waals surface area contributed by atoms with E-state index in [4.69, 9.17) is 30.5 Å². The van der Waals surface area contributed by atoms with Crippen LogP contribution in [-0.4, -0.2) is 55.8 Å². The van der Waals surface area contributed by atoms with Gasteiger partial charge in [0.1, 0.15) is 30.3 Å². The van der Waals surface area contributed by atoms with Crippen molar-refractivity contribution in [3.8, 4) is 23.0 Å². The molecule has 9 nitrogen and oxygen atoms in total. The van der Waals surface area contributed by atoms with E-state index in [1.54, 1.807) is 20.4 Å². The number of likely N-dealkylation sites (tertiary alicyclic amines) is 1. The largest absolute Gasteiger partial charge is 0.497 e. The van der Waals surface area contributed by atoms with Gasteiger partial charge in [0.05, 0.1) is 30.1 Å². The average Bonchev–Trinajstić information content (AvgIpc) is 3.78. The van der Waals surface area contributed by atoms with Crippen molar-refractivity contribution in [3.05, 3.63) is 92.7 Å². The Morgan fingerprint density at radius 3 is 2.09 bits per heavy atom. The van der Waals surface area contributed by atoms with Crippen molar-refractivity contribution in [1.29, 1.82) is 0 Å². The summed E-state index contributed by atoms with van der Waals surface area (Å²) < 4.78 is 25.1. The zero-order chi connectivity index (χ0) is 31.3. The number of fused-ring (bicyclic) bond motifs is 1. The molecule has 1 N–H and O–H groups in total. The normalized spacial score (nSPS) is 14.8. The molecule has 3 aromatic carbocycles. The minimum Gasteiger partial charge on any atom is -0.497 e. The van der Waals surface area contributed by atoms with Crippen LogP contribution in [-0.2, 0) is 13.2 Å². The number of benzene rings is 3. The fourth-order valence-corrected chi connectivity index (χ4v) is 6.00. The third-order valence-corrected chi connectivity index (χ3v) is 8.74. The number of carbonyl (C=O) groups excluding carboxylic acids is 1. The highest BCUT2D eigenvalue weighted by Gasteiger charge is 2.30. The number of halogens is 1. The van der Waals surface area contributed by atoms with E-state index in [9.17, 15) is 9.59 Å². The standard InChI is InChI=1S/C35H38ClN3O6/c1-42-26-11-5-23(6-12-26)21-44-30-19-29-31(32(36)34(30)45-22-24-7-13-27(43-2)14-8-24)33(40)28(20-39(29)25-9-10-25)35(41)37-15-18-38-16-3-4-17-38/h5-8,11-14,19-20,25H,3-4,9-10,15-18,21-22H2,1-2H3,(H,37,41). The Morgan fingerprint density at radius 1 is 0.911 bits per heavy atom. The van der Waals surface area contributed by atoms with Gasteiger partial charge in [-0.3, -0.25) is 9.59 Å². The SMILES string of the molecule is COc1ccc(COc2cc3c(c(Cl)c2OCc2ccc(OC)cc2)c(=O)c(C(=O)NCCN2CCCC2)cn3C2CC2)cc1. The molecule has 1 amide bonds. The molecule has 0 bridgehead atoms. The van der Waals surface area contributed by atoms with Gasteiger partial charge >= 0.3 is 0 Å². The average molecular weight is 632 g/mol. The Labute approximate surface area is 267 Å². The number of amides is 1. The van der Waals surface area contributed by atoms with Crippen molar-refractivity contribution in [3.63, 3.8) is 0 Å². The van der Waals surface area contributed by atoms with E-state index in [1.807, 2.05) is 59.2 Å². The maximum absolute atomic E-state index is 14.0. The maximum atomic E-state index is 14.0. The Bertz CT molecular complexity index is 1710. The lowest BCUT2D eigenvalue weighted by Gasteiger charge is -2.20. The molecule has 2 heterocycles. The molecule has 1 saturated carbocycles. The third-order valence-electron chi connectivity index (χ3n) is 8.38. The van der Waals surface area contributed by atoms with Gasteiger partial charge in [0.25, 0.3) is 5.91 Å². The minimum absolute atomic E-state index is 0.0747. The second-order valence-electron chi connectivity index (χ2n) is 11.5. The number of ether oxygens (including phenoxy) is 4. The number of hydrogen-bond acceptors (Lipinski definition) is 7. The van der Waals surface area contributed by atoms with Gasteiger partial charge in [0.15, 0.2) is 11.5 Å². The van der Waals surface area contributed by atoms with Crippen LogP contribution in [0.4, 0.5) is 0 Å². The van der Waals surface area contributed by atoms with E-state index in [-0.39, 0.29) is 41.0 Å². The topological polar surface area (TPSA) is 91.3 Å². The Morgan fingerprint density at radius 2 is 1.51 bits per heavy atom. The summed E-state index contributed by atoms with van der Waals surface area (Å²) in [4.78, 5) is 29.6. The minimum atomic E-state index is -0.429. The zero-order valence-electron chi connectivity index (χ0n) is 25.6. The molecule has 4 aromatic rings. The lowest BCUT2D eigenvalue weighted by molar-refractivity contribution is 0.0948. The van der Waals surface area contributed by atoms with Crippen molar-refractivity contribution in [2.75, 3.05) is 40.4 Å². The third kappa shape index (κ3) is 7.05. The van der Waals surface area contributed by atoms with E-state index >= 15 is 0 Å². The van der Waals surface area contributed by atoms with Gasteiger partial charge in [-0.1, -0.05) is 35.9 Å². The van der Waals surface area contributed by atoms with Gasteiger partial charge in [-0.25, -0.2) is 0 Å². The first-order valence-electron chi connectivity index (χ1n) is 15.4. The number of rotatable bonds is 13. The summed E-state index contributed by atoms with van der Waals surface area (Å²) in [6, 6.07) is 17.1. The van der Waals surface area contributed by atoms with Crippen LogP contribution in [0.1, 0.15) is 53.2 Å². The number of nitrogens with one attached hydrogen (secondary N) is 1. The van der Waals surface area contributed by atoms with E-state index < -0.39 is 11.3 Å². The van der Waals surface area contributed by atoms with Crippen LogP contribution < -0.4 is 29.7 Å². The quantitative estimate of drug-likeness (QED) is 0.194. The van der Waals surface area contributed by atoms with Gasteiger partial charge in [-0.2, -0.15) is 0 Å². The molecule has 45 heavy (non-hydrogen) atoms. The molecule has 236 valence electrons. The van der Waals surface area contributed by atoms with Crippen LogP contribution in [0.2, 0.25) is 5.02 Å². The van der Waals surface area contributed by atoms with Crippen LogP contribution in [0.3, 0.4) is 0 Å². The molecule has 1 aromatic heterocycles. The van der Waals surface area contributed by atoms with Crippen molar-refractivity contribution < 1.29 is 23.7 Å². The van der Waals surface area contributed by atoms with Gasteiger partial charge < -0.3 is 33.7 Å². The Kier molecular flexibility index (Phi) is 9.47. The summed E-state index contributed by atoms with van der Waals surface area (Å²) in [5.41, 5.74) is 2.07. The molecule has 1 saturated heterocycles. The molecule has 1 aliphatic carbocycles. The highest BCUT2D eigenvalue weighted by atomic mass is 35.5. The second-order valence-corrected chi connectivity index (χ2v) is 11.9. The first kappa shape index (κ1) is 30.8. The second kappa shape index (κ2) is 13.8. The van der Waals surface area contributed by atoms with Gasteiger partial charge in [0.2, 0.25) is 5.43 Å². The summed E-state index contributed by atoms with van der Waals surface area (Å²) in [7, 11) is 3.24. The molecule has 6 rings (SSSR count). The van der Waals surface area contributed by atoms with Crippen LogP contribution in [0.25, 0.3) is 10.9 Å². The van der Waals surface area contributed by atoms with Crippen molar-refractivity contribution in [1.82, 2.24) is 14.8 Å². The summed E-state index contributed by atoms with van der Waals surface area (Å²) in [5, 5.41) is 3.32. The number of aromatic nitrogens is 1. The summed E-state index contributed by atoms with van der Waals surface area (Å²) in [5.74, 6) is 1.75. The summed E-state index contributed by atoms with van der Waals surface area (Å²) in [6.45, 7) is 3.74. The first-order valence-corrected chi connectivity index (χ1v) is 15.8. The van der Waals surface area contributed by atoms with E-state index in [1.165, 1.54) is 12.8 Å². The smallest absolute Gasteiger partial charge is 0.256 e. The van der Waals surface area contributed by atoms with E-state index in [2.05, 4.69) is 10.2 Å². The molecule has 10 heteroatoms. The molecule has 0 radical (unpaired) electrons. The maximum Gasteiger partial charge on any atom is 0.256 e. The molecule has 0 unspecified atom stereocenters. The van der Waals surface area contributed by atoms with E-state index in [0.717, 1.165) is 55.1 Å². The predicted molar refractivity (Wildman–Crippen MR) is 174 cm³/mol. The predicted octanol–water partition coefficient (Wildman–Crippen LogP) is 5.99. The molecular weight excluding hydrogens is 594 g/mol. The van der Waals surface area contributed by atoms with Gasteiger partial charge in [-0.15, -0.1) is 0 Å². The molecular formula is C35H38ClN3O6. The highest BCUT2D eigenvalue weighted by molar-refractivity contribution is 6.37. The zero-order valence-corrected chi connectivity index (χ0v) is 26.4. The van der Waals surface area contributed by atoms with E-state index in [0.29, 0.717) is 17.8 Å². The number of pyridine rings is 1. The lowest BCUT2D eigenvalue weighted by Crippen LogP contribution is -2.36. The molecule has 2 aliphatic rings. The fourth-order valence-electron chi connectivity index (χ4n) is 5.66. The number of hydrogen-bond donors (Lipinski definition) is 1. The van der Waals surface area contributed by atoms with Gasteiger partial charge in [0, 0.05) is 31.4 Å². The van der Waals surface area contributed by atoms with Crippen molar-refractivity contribution in [2.45, 2.75) is 44.9 Å². The number of nitrogens with zero attached hydrogens (tertiary/aromatic N) is 2. The van der Waals surface area contributed by atoms with Gasteiger partial charge in [-0.05, 0) is 74.2 Å². The number of methoxy groups -OCH3 is 2. The highest BCUT2D eigenvalue weighted by Crippen LogP contribution is 2.44. The Balaban J connectivity index is 1.36. The monoisotopic (exact) mass is 631 g/mol. The van der Waals surface area contributed by atoms with Crippen molar-refractivity contribution >= 4 is 28.4 Å². The van der Waals surface area contributed by atoms with Crippen molar-refractivity contribution in [2.24, 2.45) is 0 Å². The first-order chi connectivity index (χ1) is 21.9. The molecule has 2 fully saturated rings.